The van der Waals surface area contributed by atoms with Gasteiger partial charge in [-0.25, -0.2) is 0 Å². The van der Waals surface area contributed by atoms with Crippen LogP contribution in [-0.2, 0) is 72.0 Å². The number of unbranched alkanes of at least 4 members (excludes halogenated alkanes) is 3. The number of fused-ring (bicyclic) bond motifs is 1. The van der Waals surface area contributed by atoms with Crippen LogP contribution in [0.25, 0.3) is 10.9 Å². The van der Waals surface area contributed by atoms with E-state index in [1.165, 1.54) is 42.8 Å². The highest BCUT2D eigenvalue weighted by Gasteiger charge is 2.39. The van der Waals surface area contributed by atoms with Gasteiger partial charge in [-0.3, -0.25) is 72.3 Å². The van der Waals surface area contributed by atoms with E-state index in [4.69, 9.17) is 0 Å². The third-order valence-corrected chi connectivity index (χ3v) is 19.4. The maximum absolute atomic E-state index is 15.2. The number of thioether (sulfide) groups is 1. The Hall–Kier alpha value is -8.72. The minimum atomic E-state index is -1.63. The number of aliphatic carboxylic acids is 3. The zero-order chi connectivity index (χ0) is 72.8. The van der Waals surface area contributed by atoms with Gasteiger partial charge in [0.15, 0.2) is 0 Å². The quantitative estimate of drug-likeness (QED) is 0.0300. The number of benzene rings is 3. The summed E-state index contributed by atoms with van der Waals surface area (Å²) in [5.41, 5.74) is 2.56. The Bertz CT molecular complexity index is 3360. The fraction of sp³-hybridized carbons (Fsp3) is 0.557. The number of para-hydroxylation sites is 1. The Balaban J connectivity index is 1.01. The zero-order valence-electron chi connectivity index (χ0n) is 57.6. The molecule has 0 unspecified atom stereocenters. The van der Waals surface area contributed by atoms with E-state index >= 15 is 19.2 Å². The predicted octanol–water partition coefficient (Wildman–Crippen LogP) is -0.672. The Labute approximate surface area is 592 Å². The Morgan fingerprint density at radius 3 is 1.61 bits per heavy atom. The normalized spacial score (nSPS) is 21.8. The third kappa shape index (κ3) is 27.3. The summed E-state index contributed by atoms with van der Waals surface area (Å²) in [6, 6.07) is 13.8. The van der Waals surface area contributed by atoms with Gasteiger partial charge in [0.05, 0.1) is 38.0 Å². The van der Waals surface area contributed by atoms with Gasteiger partial charge in [0, 0.05) is 109 Å². The van der Waals surface area contributed by atoms with Crippen LogP contribution in [0.2, 0.25) is 0 Å². The smallest absolute Gasteiger partial charge is 0.317 e. The number of carboxylic acid groups (broad SMARTS) is 3. The molecule has 8 amide bonds. The molecule has 3 aromatic carbocycles. The van der Waals surface area contributed by atoms with Crippen LogP contribution in [0.3, 0.4) is 0 Å². The van der Waals surface area contributed by atoms with E-state index in [9.17, 15) is 59.1 Å². The first-order chi connectivity index (χ1) is 48.5. The van der Waals surface area contributed by atoms with Crippen molar-refractivity contribution in [2.24, 2.45) is 5.92 Å². The summed E-state index contributed by atoms with van der Waals surface area (Å²) in [5.74, 6) is -8.41. The lowest BCUT2D eigenvalue weighted by atomic mass is 9.90. The fourth-order valence-electron chi connectivity index (χ4n) is 12.7. The average Bonchev–Trinajstić information content (AvgIpc) is 1.81. The molecule has 7 rings (SSSR count). The molecule has 4 aromatic rings. The molecule has 0 spiro atoms. The second-order valence-electron chi connectivity index (χ2n) is 26.2. The number of aromatic hydroxyl groups is 1. The maximum atomic E-state index is 15.2. The molecule has 4 heterocycles. The SMILES string of the molecule is C[C@@H](O)[C@@H]1NC(=O)[C@H](CC2CCNCC2)NC(=O)[C@@H](Cc2c[nH]c3ccccc23)NC(=O)[C@H](Cc2ccc(O)cc2)NC(=O)[C@H](CCSCC(=O)NCCCCCCNC(=O)CN2CCN(CC(=O)O)CCN(CC(=O)O)CCN(CC(=O)O)CC2)N(C)C(=O)[C@H](Cc2ccccc2)NC1=O. The molecule has 0 saturated carbocycles. The largest absolute Gasteiger partial charge is 0.508 e. The lowest BCUT2D eigenvalue weighted by Gasteiger charge is -2.34. The number of hydrogen-bond donors (Lipinski definition) is 14. The summed E-state index contributed by atoms with van der Waals surface area (Å²) in [6.07, 6.45) is 4.02. The number of carboxylic acids is 3. The number of aliphatic hydroxyl groups excluding tert-OH is 1. The molecule has 3 saturated heterocycles. The summed E-state index contributed by atoms with van der Waals surface area (Å²) >= 11 is 1.20. The highest BCUT2D eigenvalue weighted by atomic mass is 32.2. The van der Waals surface area contributed by atoms with Crippen molar-refractivity contribution in [3.05, 3.63) is 102 Å². The van der Waals surface area contributed by atoms with Crippen molar-refractivity contribution in [1.82, 2.24) is 72.0 Å². The molecular weight excluding hydrogens is 1320 g/mol. The van der Waals surface area contributed by atoms with Gasteiger partial charge in [0.25, 0.3) is 0 Å². The van der Waals surface area contributed by atoms with E-state index in [0.717, 1.165) is 23.7 Å². The molecule has 101 heavy (non-hydrogen) atoms. The minimum absolute atomic E-state index is 0.0131. The van der Waals surface area contributed by atoms with Crippen LogP contribution in [-0.4, -0.2) is 286 Å². The van der Waals surface area contributed by atoms with Crippen LogP contribution < -0.4 is 42.5 Å². The van der Waals surface area contributed by atoms with Crippen molar-refractivity contribution in [2.45, 2.75) is 120 Å². The van der Waals surface area contributed by atoms with Crippen LogP contribution in [0, 0.1) is 5.92 Å². The number of likely N-dealkylation sites (N-methyl/N-ethyl adjacent to an activating group) is 1. The van der Waals surface area contributed by atoms with Crippen molar-refractivity contribution >= 4 is 87.8 Å². The molecule has 0 radical (unpaired) electrons. The number of aromatic nitrogens is 1. The fourth-order valence-corrected chi connectivity index (χ4v) is 13.5. The number of carbonyl (C=O) groups excluding carboxylic acids is 8. The van der Waals surface area contributed by atoms with E-state index in [2.05, 4.69) is 47.5 Å². The van der Waals surface area contributed by atoms with Gasteiger partial charge in [0.2, 0.25) is 47.3 Å². The Kier molecular flexibility index (Phi) is 32.5. The van der Waals surface area contributed by atoms with E-state index in [1.54, 1.807) is 63.4 Å². The van der Waals surface area contributed by atoms with Crippen molar-refractivity contribution in [1.29, 1.82) is 0 Å². The monoisotopic (exact) mass is 1420 g/mol. The van der Waals surface area contributed by atoms with Crippen molar-refractivity contribution < 1.29 is 78.3 Å². The van der Waals surface area contributed by atoms with E-state index in [0.29, 0.717) is 81.6 Å². The summed E-state index contributed by atoms with van der Waals surface area (Å²) in [6.45, 7) is 4.68. The summed E-state index contributed by atoms with van der Waals surface area (Å²) < 4.78 is 0. The highest BCUT2D eigenvalue weighted by molar-refractivity contribution is 7.99. The molecule has 1 aromatic heterocycles. The lowest BCUT2D eigenvalue weighted by Crippen LogP contribution is -2.63. The van der Waals surface area contributed by atoms with Crippen LogP contribution in [0.15, 0.2) is 85.1 Å². The van der Waals surface area contributed by atoms with Gasteiger partial charge < -0.3 is 78.0 Å². The van der Waals surface area contributed by atoms with Gasteiger partial charge >= 0.3 is 17.9 Å². The number of phenolic OH excluding ortho intramolecular Hbond substituents is 1. The maximum Gasteiger partial charge on any atom is 0.317 e. The number of H-pyrrole nitrogens is 1. The van der Waals surface area contributed by atoms with Gasteiger partial charge in [-0.15, -0.1) is 0 Å². The van der Waals surface area contributed by atoms with E-state index < -0.39 is 95.7 Å². The Morgan fingerprint density at radius 1 is 0.554 bits per heavy atom. The van der Waals surface area contributed by atoms with Gasteiger partial charge in [-0.2, -0.15) is 11.8 Å². The number of nitrogens with one attached hydrogen (secondary N) is 9. The molecule has 0 bridgehead atoms. The zero-order valence-corrected chi connectivity index (χ0v) is 58.4. The molecule has 14 N–H and O–H groups in total. The van der Waals surface area contributed by atoms with Crippen LogP contribution in [0.4, 0.5) is 0 Å². The van der Waals surface area contributed by atoms with Crippen LogP contribution in [0.5, 0.6) is 5.75 Å². The van der Waals surface area contributed by atoms with Crippen molar-refractivity contribution in [2.75, 3.05) is 123 Å². The summed E-state index contributed by atoms with van der Waals surface area (Å²) in [5, 5.41) is 74.1. The summed E-state index contributed by atoms with van der Waals surface area (Å²) in [4.78, 5) is 163. The molecule has 3 fully saturated rings. The van der Waals surface area contributed by atoms with Gasteiger partial charge in [-0.05, 0) is 105 Å². The second-order valence-corrected chi connectivity index (χ2v) is 27.3. The standard InChI is InChI=1S/C70H100N14O16S/c1-46(85)64-69(99)78-57(38-47-12-6-5-7-13-47)70(100)80(2)58(22-35-101-45-60(88)73-24-11-4-3-10-23-72-59(87)41-81-27-29-82(42-61(89)90)31-33-84(44-63(93)94)34-32-83(30-28-81)43-62(91)92)68(98)77-54(36-48-16-18-51(86)19-17-48)65(95)76-56(39-50-40-74-53-15-9-8-14-52(50)53)66(96)75-55(67(97)79-64)37-49-20-25-71-26-21-49/h5-9,12-19,40,46,49,54-58,64,71,74,85-86H,3-4,10-11,20-39,41-45H2,1-2H3,(H,72,87)(H,73,88)(H,75,96)(H,76,95)(H,77,98)(H,78,99)(H,79,97)(H,89,90)(H,91,92)(H,93,94)/t46-,54+,55+,56-,57+,58+,64+/m1/s1. The average molecular weight is 1430 g/mol. The number of phenols is 1. The van der Waals surface area contributed by atoms with Crippen LogP contribution in [0.1, 0.15) is 75.0 Å². The summed E-state index contributed by atoms with van der Waals surface area (Å²) in [7, 11) is 1.39. The first-order valence-corrected chi connectivity index (χ1v) is 35.8. The number of piperidine rings is 1. The third-order valence-electron chi connectivity index (χ3n) is 18.4. The molecule has 552 valence electrons. The number of nitrogens with zero attached hydrogens (tertiary/aromatic N) is 5. The van der Waals surface area contributed by atoms with E-state index in [1.807, 2.05) is 29.2 Å². The lowest BCUT2D eigenvalue weighted by molar-refractivity contribution is -0.143. The predicted molar refractivity (Wildman–Crippen MR) is 377 cm³/mol. The van der Waals surface area contributed by atoms with E-state index in [-0.39, 0.29) is 133 Å². The molecule has 30 nitrogen and oxygen atoms in total. The second kappa shape index (κ2) is 41.3. The first kappa shape index (κ1) is 79.6. The number of rotatable bonds is 29. The number of amides is 8. The molecule has 0 aliphatic carbocycles. The number of aliphatic hydroxyl groups is 1. The van der Waals surface area contributed by atoms with Crippen molar-refractivity contribution in [3.63, 3.8) is 0 Å². The molecule has 7 atom stereocenters. The molecule has 31 heteroatoms. The van der Waals surface area contributed by atoms with Crippen molar-refractivity contribution in [3.8, 4) is 5.75 Å². The Morgan fingerprint density at radius 2 is 1.04 bits per heavy atom. The molecule has 3 aliphatic heterocycles. The number of carbonyl (C=O) groups is 11. The highest BCUT2D eigenvalue weighted by Crippen LogP contribution is 2.23. The topological polar surface area (TPSA) is 417 Å². The molecular formula is C70H100N14O16S. The van der Waals surface area contributed by atoms with Crippen LogP contribution >= 0.6 is 11.8 Å². The minimum Gasteiger partial charge on any atom is -0.508 e. The number of hydrogen-bond acceptors (Lipinski definition) is 19. The van der Waals surface area contributed by atoms with Gasteiger partial charge in [0.1, 0.15) is 42.0 Å². The number of aromatic amines is 1. The van der Waals surface area contributed by atoms with Gasteiger partial charge in [-0.1, -0.05) is 73.5 Å². The first-order valence-electron chi connectivity index (χ1n) is 34.7. The molecule has 3 aliphatic rings.